The van der Waals surface area contributed by atoms with Gasteiger partial charge in [0.15, 0.2) is 5.13 Å². The first-order valence-corrected chi connectivity index (χ1v) is 6.03. The van der Waals surface area contributed by atoms with Crippen molar-refractivity contribution in [1.82, 2.24) is 10.3 Å². The number of nitrogens with one attached hydrogen (secondary N) is 2. The first kappa shape index (κ1) is 13.4. The van der Waals surface area contributed by atoms with E-state index in [2.05, 4.69) is 20.4 Å². The number of thiazole rings is 1. The minimum absolute atomic E-state index is 0.00949. The Morgan fingerprint density at radius 1 is 1.53 bits per heavy atom. The minimum atomic E-state index is -0.403. The minimum Gasteiger partial charge on any atom is -0.465 e. The molecule has 6 nitrogen and oxygen atoms in total. The number of carbonyl (C=O) groups is 2. The Balaban J connectivity index is 2.35. The van der Waals surface area contributed by atoms with Crippen molar-refractivity contribution in [1.29, 1.82) is 0 Å². The van der Waals surface area contributed by atoms with Crippen molar-refractivity contribution in [2.45, 2.75) is 13.3 Å². The second kappa shape index (κ2) is 6.85. The maximum atomic E-state index is 11.2. The number of amides is 1. The lowest BCUT2D eigenvalue weighted by Crippen LogP contribution is -2.24. The summed E-state index contributed by atoms with van der Waals surface area (Å²) in [5.41, 5.74) is 0. The van der Waals surface area contributed by atoms with Gasteiger partial charge in [-0.15, -0.1) is 0 Å². The van der Waals surface area contributed by atoms with Gasteiger partial charge in [-0.1, -0.05) is 11.3 Å². The number of esters is 1. The molecule has 7 heteroatoms. The summed E-state index contributed by atoms with van der Waals surface area (Å²) in [4.78, 5) is 26.7. The normalized spacial score (nSPS) is 9.76. The summed E-state index contributed by atoms with van der Waals surface area (Å²) in [6.45, 7) is 2.98. The van der Waals surface area contributed by atoms with Gasteiger partial charge in [-0.25, -0.2) is 9.78 Å². The second-order valence-electron chi connectivity index (χ2n) is 3.15. The summed E-state index contributed by atoms with van der Waals surface area (Å²) in [5, 5.41) is 6.27. The number of rotatable bonds is 6. The average Bonchev–Trinajstić information content (AvgIpc) is 2.77. The SMILES string of the molecule is CCNC(=O)CCNc1ncc(C(=O)OC)s1. The lowest BCUT2D eigenvalue weighted by molar-refractivity contribution is -0.120. The van der Waals surface area contributed by atoms with Crippen LogP contribution in [0.2, 0.25) is 0 Å². The van der Waals surface area contributed by atoms with E-state index in [0.29, 0.717) is 29.5 Å². The van der Waals surface area contributed by atoms with Gasteiger partial charge < -0.3 is 15.4 Å². The molecule has 1 amide bonds. The zero-order chi connectivity index (χ0) is 12.7. The van der Waals surface area contributed by atoms with E-state index in [-0.39, 0.29) is 5.91 Å². The molecule has 0 aliphatic rings. The summed E-state index contributed by atoms with van der Waals surface area (Å²) in [6.07, 6.45) is 1.83. The average molecular weight is 257 g/mol. The van der Waals surface area contributed by atoms with E-state index in [0.717, 1.165) is 0 Å². The van der Waals surface area contributed by atoms with E-state index in [1.807, 2.05) is 6.92 Å². The Kier molecular flexibility index (Phi) is 5.41. The molecule has 0 bridgehead atoms. The molecule has 0 atom stereocenters. The van der Waals surface area contributed by atoms with Crippen LogP contribution in [-0.2, 0) is 9.53 Å². The molecule has 0 saturated carbocycles. The van der Waals surface area contributed by atoms with Crippen LogP contribution in [0.5, 0.6) is 0 Å². The standard InChI is InChI=1S/C10H15N3O3S/c1-3-11-8(14)4-5-12-10-13-6-7(17-10)9(15)16-2/h6H,3-5H2,1-2H3,(H,11,14)(H,12,13). The van der Waals surface area contributed by atoms with Crippen molar-refractivity contribution >= 4 is 28.3 Å². The topological polar surface area (TPSA) is 80.3 Å². The van der Waals surface area contributed by atoms with Crippen molar-refractivity contribution in [3.8, 4) is 0 Å². The third kappa shape index (κ3) is 4.39. The molecule has 2 N–H and O–H groups in total. The van der Waals surface area contributed by atoms with Gasteiger partial charge in [0.05, 0.1) is 13.3 Å². The molecule has 0 aromatic carbocycles. The van der Waals surface area contributed by atoms with Crippen LogP contribution >= 0.6 is 11.3 Å². The van der Waals surface area contributed by atoms with Gasteiger partial charge in [-0.2, -0.15) is 0 Å². The zero-order valence-electron chi connectivity index (χ0n) is 9.78. The van der Waals surface area contributed by atoms with Crippen molar-refractivity contribution in [2.24, 2.45) is 0 Å². The molecule has 94 valence electrons. The molecule has 0 spiro atoms. The number of anilines is 1. The Hall–Kier alpha value is -1.63. The number of hydrogen-bond donors (Lipinski definition) is 2. The van der Waals surface area contributed by atoms with Crippen LogP contribution in [0.4, 0.5) is 5.13 Å². The fourth-order valence-electron chi connectivity index (χ4n) is 1.12. The van der Waals surface area contributed by atoms with Crippen LogP contribution in [-0.4, -0.2) is 37.1 Å². The van der Waals surface area contributed by atoms with Crippen LogP contribution in [0.1, 0.15) is 23.0 Å². The molecule has 0 radical (unpaired) electrons. The molecule has 0 aliphatic heterocycles. The number of carbonyl (C=O) groups excluding carboxylic acids is 2. The van der Waals surface area contributed by atoms with E-state index in [4.69, 9.17) is 0 Å². The highest BCUT2D eigenvalue weighted by atomic mass is 32.1. The quantitative estimate of drug-likeness (QED) is 0.739. The smallest absolute Gasteiger partial charge is 0.349 e. The number of methoxy groups -OCH3 is 1. The number of aromatic nitrogens is 1. The molecular weight excluding hydrogens is 242 g/mol. The van der Waals surface area contributed by atoms with E-state index in [1.54, 1.807) is 0 Å². The zero-order valence-corrected chi connectivity index (χ0v) is 10.6. The maximum Gasteiger partial charge on any atom is 0.349 e. The largest absolute Gasteiger partial charge is 0.465 e. The maximum absolute atomic E-state index is 11.2. The van der Waals surface area contributed by atoms with E-state index in [1.165, 1.54) is 24.6 Å². The van der Waals surface area contributed by atoms with Crippen molar-refractivity contribution in [3.05, 3.63) is 11.1 Å². The van der Waals surface area contributed by atoms with Gasteiger partial charge in [0.2, 0.25) is 5.91 Å². The first-order valence-electron chi connectivity index (χ1n) is 5.22. The van der Waals surface area contributed by atoms with Gasteiger partial charge in [-0.05, 0) is 6.92 Å². The number of nitrogens with zero attached hydrogens (tertiary/aromatic N) is 1. The van der Waals surface area contributed by atoms with Gasteiger partial charge in [0.25, 0.3) is 0 Å². The predicted octanol–water partition coefficient (Wildman–Crippen LogP) is 0.868. The fourth-order valence-corrected chi connectivity index (χ4v) is 1.88. The molecule has 0 aliphatic carbocycles. The van der Waals surface area contributed by atoms with Gasteiger partial charge >= 0.3 is 5.97 Å². The molecule has 17 heavy (non-hydrogen) atoms. The highest BCUT2D eigenvalue weighted by Crippen LogP contribution is 2.18. The third-order valence-corrected chi connectivity index (χ3v) is 2.83. The van der Waals surface area contributed by atoms with Crippen molar-refractivity contribution in [2.75, 3.05) is 25.5 Å². The molecule has 0 fully saturated rings. The molecule has 1 aromatic heterocycles. The van der Waals surface area contributed by atoms with E-state index >= 15 is 0 Å². The van der Waals surface area contributed by atoms with Crippen LogP contribution in [0, 0.1) is 0 Å². The summed E-state index contributed by atoms with van der Waals surface area (Å²) in [5.74, 6) is -0.413. The monoisotopic (exact) mass is 257 g/mol. The molecule has 1 heterocycles. The van der Waals surface area contributed by atoms with Crippen LogP contribution in [0.3, 0.4) is 0 Å². The highest BCUT2D eigenvalue weighted by molar-refractivity contribution is 7.17. The molecule has 1 aromatic rings. The van der Waals surface area contributed by atoms with E-state index in [9.17, 15) is 9.59 Å². The molecule has 1 rings (SSSR count). The Labute approximate surface area is 103 Å². The van der Waals surface area contributed by atoms with Crippen LogP contribution in [0.15, 0.2) is 6.20 Å². The van der Waals surface area contributed by atoms with E-state index < -0.39 is 5.97 Å². The second-order valence-corrected chi connectivity index (χ2v) is 4.18. The lowest BCUT2D eigenvalue weighted by Gasteiger charge is -2.02. The van der Waals surface area contributed by atoms with Crippen molar-refractivity contribution in [3.63, 3.8) is 0 Å². The van der Waals surface area contributed by atoms with Gasteiger partial charge in [0, 0.05) is 19.5 Å². The summed E-state index contributed by atoms with van der Waals surface area (Å²) >= 11 is 1.20. The Bertz CT molecular complexity index is 392. The van der Waals surface area contributed by atoms with Gasteiger partial charge in [-0.3, -0.25) is 4.79 Å². The highest BCUT2D eigenvalue weighted by Gasteiger charge is 2.10. The molecule has 0 unspecified atom stereocenters. The van der Waals surface area contributed by atoms with Crippen LogP contribution < -0.4 is 10.6 Å². The van der Waals surface area contributed by atoms with Crippen molar-refractivity contribution < 1.29 is 14.3 Å². The van der Waals surface area contributed by atoms with Gasteiger partial charge in [0.1, 0.15) is 4.88 Å². The number of ether oxygens (including phenoxy) is 1. The molecular formula is C10H15N3O3S. The Morgan fingerprint density at radius 2 is 2.29 bits per heavy atom. The summed E-state index contributed by atoms with van der Waals surface area (Å²) < 4.78 is 4.56. The lowest BCUT2D eigenvalue weighted by atomic mass is 10.4. The third-order valence-electron chi connectivity index (χ3n) is 1.89. The summed E-state index contributed by atoms with van der Waals surface area (Å²) in [7, 11) is 1.32. The number of hydrogen-bond acceptors (Lipinski definition) is 6. The predicted molar refractivity (Wildman–Crippen MR) is 65.2 cm³/mol. The summed E-state index contributed by atoms with van der Waals surface area (Å²) in [6, 6.07) is 0. The first-order chi connectivity index (χ1) is 8.17. The fraction of sp³-hybridized carbons (Fsp3) is 0.500. The molecule has 0 saturated heterocycles. The Morgan fingerprint density at radius 3 is 2.94 bits per heavy atom. The van der Waals surface area contributed by atoms with Crippen LogP contribution in [0.25, 0.3) is 0 Å².